The maximum absolute atomic E-state index is 4.89. The van der Waals surface area contributed by atoms with E-state index >= 15 is 0 Å². The molecule has 0 aromatic heterocycles. The Bertz CT molecular complexity index is 12.9. The monoisotopic (exact) mass is 952 g/mol. The van der Waals surface area contributed by atoms with Crippen molar-refractivity contribution in [3.05, 3.63) is 6.92 Å². The van der Waals surface area contributed by atoms with Gasteiger partial charge in [-0.1, -0.05) is 0 Å². The van der Waals surface area contributed by atoms with Gasteiger partial charge in [0.15, 0.2) is 0 Å². The molecule has 11 heteroatoms. The predicted molar refractivity (Wildman–Crippen MR) is 16.1 cm³/mol. The third kappa shape index (κ3) is 82.7. The van der Waals surface area contributed by atoms with Crippen LogP contribution in [0.25, 0.3) is 0 Å². The van der Waals surface area contributed by atoms with Gasteiger partial charge in [-0.05, 0) is 0 Å². The van der Waals surface area contributed by atoms with Crippen LogP contribution in [0, 0.1) is 6.92 Å². The van der Waals surface area contributed by atoms with Crippen LogP contribution in [0.15, 0.2) is 0 Å². The molecule has 0 atom stereocenters. The fourth-order valence-corrected chi connectivity index (χ4v) is 0. The number of hydrogen-bond acceptors (Lipinski definition) is 0. The Labute approximate surface area is 339 Å². The molecule has 50 valence electrons. The Hall–Kier alpha value is 11.3. The summed E-state index contributed by atoms with van der Waals surface area (Å²) in [5.41, 5.74) is 0. The van der Waals surface area contributed by atoms with Crippen LogP contribution in [0.5, 0.6) is 0 Å². The van der Waals surface area contributed by atoms with Crippen molar-refractivity contribution >= 4 is 11.6 Å². The van der Waals surface area contributed by atoms with Gasteiger partial charge in [0, 0.05) is 327 Å². The quantitative estimate of drug-likeness (QED) is 0.252. The first-order valence-corrected chi connectivity index (χ1v) is 1.30. The van der Waals surface area contributed by atoms with E-state index in [1.54, 1.807) is 0 Å². The van der Waals surface area contributed by atoms with Crippen LogP contribution in [0.3, 0.4) is 0 Å². The van der Waals surface area contributed by atoms with E-state index in [0.29, 0.717) is 5.88 Å². The summed E-state index contributed by atoms with van der Waals surface area (Å²) in [6.07, 6.45) is 0. The summed E-state index contributed by atoms with van der Waals surface area (Å²) in [6.45, 7) is 3.25. The summed E-state index contributed by atoms with van der Waals surface area (Å²) >= 11 is 4.89. The van der Waals surface area contributed by atoms with Crippen molar-refractivity contribution in [2.24, 2.45) is 0 Å². The van der Waals surface area contributed by atoms with Crippen molar-refractivity contribution in [1.82, 2.24) is 0 Å². The molecule has 0 N–H and O–H groups in total. The smallest absolute Gasteiger partial charge is 0 e. The molecule has 0 fully saturated rings. The van der Waals surface area contributed by atoms with Gasteiger partial charge in [-0.15, -0.1) is 5.88 Å². The van der Waals surface area contributed by atoms with E-state index in [9.17, 15) is 0 Å². The standard InChI is InChI=1S/C2H4Cl.10Y/c1-2-3;;;;;;;;;;/h1-2H2;;;;;;;;;;/q-1;;;;;;;;;;. The zero-order valence-electron chi connectivity index (χ0n) is 7.57. The molecule has 0 aromatic rings. The molecule has 13 heavy (non-hydrogen) atoms. The molecule has 0 heterocycles. The van der Waals surface area contributed by atoms with Crippen molar-refractivity contribution in [1.29, 1.82) is 0 Å². The molecule has 0 saturated carbocycles. The number of alkyl halides is 1. The molecular weight excluding hydrogens is 949 g/mol. The fourth-order valence-electron chi connectivity index (χ4n) is 0. The van der Waals surface area contributed by atoms with Crippen molar-refractivity contribution < 1.29 is 327 Å². The van der Waals surface area contributed by atoms with Crippen molar-refractivity contribution in [3.63, 3.8) is 0 Å². The molecule has 0 nitrogen and oxygen atoms in total. The van der Waals surface area contributed by atoms with Gasteiger partial charge in [-0.25, -0.2) is 0 Å². The first-order valence-electron chi connectivity index (χ1n) is 0.767. The van der Waals surface area contributed by atoms with Crippen molar-refractivity contribution in [2.45, 2.75) is 0 Å². The predicted octanol–water partition coefficient (Wildman–Crippen LogP) is 1.03. The number of rotatable bonds is 0. The van der Waals surface area contributed by atoms with E-state index in [-0.39, 0.29) is 327 Å². The Kier molecular flexibility index (Phi) is 439. The summed E-state index contributed by atoms with van der Waals surface area (Å²) in [4.78, 5) is 0. The SMILES string of the molecule is [CH2-]CCl.[Y].[Y].[Y].[Y].[Y].[Y].[Y].[Y].[Y].[Y]. The second-order valence-electron chi connectivity index (χ2n) is 0.189. The van der Waals surface area contributed by atoms with Crippen molar-refractivity contribution in [3.8, 4) is 0 Å². The minimum atomic E-state index is 0. The van der Waals surface area contributed by atoms with Gasteiger partial charge in [0.2, 0.25) is 0 Å². The van der Waals surface area contributed by atoms with Gasteiger partial charge in [0.05, 0.1) is 0 Å². The van der Waals surface area contributed by atoms with Crippen LogP contribution in [-0.4, -0.2) is 5.88 Å². The van der Waals surface area contributed by atoms with E-state index < -0.39 is 0 Å². The van der Waals surface area contributed by atoms with E-state index in [1.165, 1.54) is 0 Å². The molecule has 0 aromatic carbocycles. The van der Waals surface area contributed by atoms with Gasteiger partial charge >= 0.3 is 0 Å². The average molecular weight is 953 g/mol. The van der Waals surface area contributed by atoms with E-state index in [0.717, 1.165) is 0 Å². The van der Waals surface area contributed by atoms with Crippen LogP contribution in [0.1, 0.15) is 0 Å². The maximum Gasteiger partial charge on any atom is 0 e. The Morgan fingerprint density at radius 2 is 0.538 bits per heavy atom. The van der Waals surface area contributed by atoms with Crippen molar-refractivity contribution in [2.75, 3.05) is 5.88 Å². The molecule has 0 spiro atoms. The Morgan fingerprint density at radius 3 is 0.538 bits per heavy atom. The summed E-state index contributed by atoms with van der Waals surface area (Å²) in [5, 5.41) is 0. The number of hydrogen-bond donors (Lipinski definition) is 0. The third-order valence-electron chi connectivity index (χ3n) is 0. The second kappa shape index (κ2) is 76.5. The maximum atomic E-state index is 4.89. The van der Waals surface area contributed by atoms with Crippen LogP contribution in [-0.2, 0) is 327 Å². The molecule has 0 amide bonds. The van der Waals surface area contributed by atoms with Gasteiger partial charge in [0.1, 0.15) is 0 Å². The molecule has 0 unspecified atom stereocenters. The molecule has 0 rings (SSSR count). The van der Waals surface area contributed by atoms with E-state index in [1.807, 2.05) is 0 Å². The topological polar surface area (TPSA) is 0 Å². The molecule has 10 radical (unpaired) electrons. The molecule has 0 aliphatic heterocycles. The van der Waals surface area contributed by atoms with Crippen LogP contribution in [0.2, 0.25) is 0 Å². The Balaban J connectivity index is -0.000000000444. The average Bonchev–Trinajstić information content (AvgIpc) is 0.918. The van der Waals surface area contributed by atoms with Crippen LogP contribution < -0.4 is 0 Å². The summed E-state index contributed by atoms with van der Waals surface area (Å²) in [6, 6.07) is 0. The summed E-state index contributed by atoms with van der Waals surface area (Å²) in [5.74, 6) is 0.472. The van der Waals surface area contributed by atoms with Gasteiger partial charge in [-0.3, -0.25) is 0 Å². The van der Waals surface area contributed by atoms with Gasteiger partial charge in [-0.2, -0.15) is 11.6 Å². The normalized spacial score (nSPS) is 1.38. The van der Waals surface area contributed by atoms with Gasteiger partial charge in [0.25, 0.3) is 0 Å². The summed E-state index contributed by atoms with van der Waals surface area (Å²) < 4.78 is 0. The minimum Gasteiger partial charge on any atom is -0.329 e. The van der Waals surface area contributed by atoms with E-state index in [2.05, 4.69) is 6.92 Å². The molecule has 0 aliphatic rings. The minimum absolute atomic E-state index is 0. The zero-order valence-corrected chi connectivity index (χ0v) is 36.7. The summed E-state index contributed by atoms with van der Waals surface area (Å²) in [7, 11) is 0. The molecular formula is C2H4ClY10-. The largest absolute Gasteiger partial charge is 0.329 e. The fraction of sp³-hybridized carbons (Fsp3) is 0.500. The second-order valence-corrected chi connectivity index (χ2v) is 0.567. The first-order chi connectivity index (χ1) is 1.41. The van der Waals surface area contributed by atoms with E-state index in [4.69, 9.17) is 11.6 Å². The van der Waals surface area contributed by atoms with Crippen LogP contribution >= 0.6 is 11.6 Å². The van der Waals surface area contributed by atoms with Crippen LogP contribution in [0.4, 0.5) is 0 Å². The molecule has 0 bridgehead atoms. The molecule has 0 saturated heterocycles. The first kappa shape index (κ1) is 74.5. The molecule has 0 aliphatic carbocycles. The zero-order chi connectivity index (χ0) is 2.71. The number of halogens is 1. The van der Waals surface area contributed by atoms with Gasteiger partial charge < -0.3 is 6.92 Å². The third-order valence-corrected chi connectivity index (χ3v) is 0. The Morgan fingerprint density at radius 1 is 0.538 bits per heavy atom.